The van der Waals surface area contributed by atoms with Crippen LogP contribution < -0.4 is 16.0 Å². The van der Waals surface area contributed by atoms with E-state index in [-0.39, 0.29) is 11.8 Å². The highest BCUT2D eigenvalue weighted by atomic mass is 16.2. The third kappa shape index (κ3) is 5.51. The maximum atomic E-state index is 11.7. The fourth-order valence-corrected chi connectivity index (χ4v) is 2.36. The second-order valence-corrected chi connectivity index (χ2v) is 5.25. The van der Waals surface area contributed by atoms with Gasteiger partial charge in [-0.15, -0.1) is 0 Å². The topological polar surface area (TPSA) is 83.1 Å². The first-order chi connectivity index (χ1) is 10.3. The summed E-state index contributed by atoms with van der Waals surface area (Å²) in [6, 6.07) is 3.42. The van der Waals surface area contributed by atoms with Gasteiger partial charge in [0.05, 0.1) is 5.56 Å². The van der Waals surface area contributed by atoms with Gasteiger partial charge >= 0.3 is 0 Å². The van der Waals surface area contributed by atoms with Crippen LogP contribution in [0.3, 0.4) is 0 Å². The molecule has 1 aliphatic rings. The van der Waals surface area contributed by atoms with E-state index in [4.69, 9.17) is 0 Å². The minimum absolute atomic E-state index is 0.0533. The Labute approximate surface area is 124 Å². The highest BCUT2D eigenvalue weighted by Crippen LogP contribution is 2.13. The molecule has 1 aliphatic heterocycles. The largest absolute Gasteiger partial charge is 0.354 e. The van der Waals surface area contributed by atoms with Crippen molar-refractivity contribution in [3.63, 3.8) is 0 Å². The van der Waals surface area contributed by atoms with E-state index in [2.05, 4.69) is 20.9 Å². The van der Waals surface area contributed by atoms with Gasteiger partial charge in [-0.25, -0.2) is 0 Å². The molecule has 0 radical (unpaired) electrons. The van der Waals surface area contributed by atoms with E-state index in [1.54, 1.807) is 18.3 Å². The van der Waals surface area contributed by atoms with Crippen molar-refractivity contribution in [3.8, 4) is 0 Å². The summed E-state index contributed by atoms with van der Waals surface area (Å²) in [4.78, 5) is 27.3. The summed E-state index contributed by atoms with van der Waals surface area (Å²) in [5.41, 5.74) is 0.526. The van der Waals surface area contributed by atoms with Crippen molar-refractivity contribution >= 4 is 11.8 Å². The predicted molar refractivity (Wildman–Crippen MR) is 79.8 cm³/mol. The number of pyridine rings is 1. The van der Waals surface area contributed by atoms with Gasteiger partial charge < -0.3 is 16.0 Å². The summed E-state index contributed by atoms with van der Waals surface area (Å²) < 4.78 is 0. The van der Waals surface area contributed by atoms with Gasteiger partial charge in [0.25, 0.3) is 5.91 Å². The molecule has 114 valence electrons. The molecule has 0 bridgehead atoms. The van der Waals surface area contributed by atoms with Crippen molar-refractivity contribution in [1.82, 2.24) is 20.9 Å². The zero-order valence-electron chi connectivity index (χ0n) is 12.1. The van der Waals surface area contributed by atoms with E-state index in [1.807, 2.05) is 0 Å². The molecule has 6 heteroatoms. The van der Waals surface area contributed by atoms with Gasteiger partial charge in [-0.2, -0.15) is 0 Å². The number of amides is 2. The van der Waals surface area contributed by atoms with Crippen LogP contribution >= 0.6 is 0 Å². The average molecular weight is 290 g/mol. The van der Waals surface area contributed by atoms with E-state index in [0.717, 1.165) is 25.9 Å². The highest BCUT2D eigenvalue weighted by Gasteiger charge is 2.15. The van der Waals surface area contributed by atoms with E-state index in [9.17, 15) is 9.59 Å². The standard InChI is InChI=1S/C15H22N4O2/c20-14(4-3-12-5-7-17-10-12)18-8-9-19-15(21)13-2-1-6-16-11-13/h1-2,6,11-12,17H,3-5,7-10H2,(H,18,20)(H,19,21). The van der Waals surface area contributed by atoms with Gasteiger partial charge in [0, 0.05) is 31.9 Å². The molecule has 2 rings (SSSR count). The van der Waals surface area contributed by atoms with Crippen molar-refractivity contribution < 1.29 is 9.59 Å². The van der Waals surface area contributed by atoms with Crippen LogP contribution in [0.5, 0.6) is 0 Å². The number of nitrogens with one attached hydrogen (secondary N) is 3. The van der Waals surface area contributed by atoms with Crippen molar-refractivity contribution in [2.75, 3.05) is 26.2 Å². The summed E-state index contributed by atoms with van der Waals surface area (Å²) in [6.07, 6.45) is 5.79. The van der Waals surface area contributed by atoms with Gasteiger partial charge in [0.15, 0.2) is 0 Å². The fourth-order valence-electron chi connectivity index (χ4n) is 2.36. The fraction of sp³-hybridized carbons (Fsp3) is 0.533. The summed E-state index contributed by atoms with van der Waals surface area (Å²) in [6.45, 7) is 2.96. The van der Waals surface area contributed by atoms with Crippen LogP contribution in [0.15, 0.2) is 24.5 Å². The lowest BCUT2D eigenvalue weighted by molar-refractivity contribution is -0.121. The van der Waals surface area contributed by atoms with Crippen LogP contribution in [0.1, 0.15) is 29.6 Å². The van der Waals surface area contributed by atoms with Crippen LogP contribution in [-0.2, 0) is 4.79 Å². The molecular weight excluding hydrogens is 268 g/mol. The van der Waals surface area contributed by atoms with Gasteiger partial charge in [-0.1, -0.05) is 0 Å². The quantitative estimate of drug-likeness (QED) is 0.631. The molecule has 0 aliphatic carbocycles. The Hall–Kier alpha value is -1.95. The summed E-state index contributed by atoms with van der Waals surface area (Å²) in [5.74, 6) is 0.507. The zero-order valence-corrected chi connectivity index (χ0v) is 12.1. The molecule has 1 fully saturated rings. The third-order valence-corrected chi connectivity index (χ3v) is 3.60. The molecular formula is C15H22N4O2. The molecule has 1 aromatic heterocycles. The average Bonchev–Trinajstić information content (AvgIpc) is 3.03. The van der Waals surface area contributed by atoms with Crippen molar-refractivity contribution in [1.29, 1.82) is 0 Å². The first-order valence-electron chi connectivity index (χ1n) is 7.41. The molecule has 2 heterocycles. The summed E-state index contributed by atoms with van der Waals surface area (Å²) in [5, 5.41) is 8.86. The summed E-state index contributed by atoms with van der Waals surface area (Å²) in [7, 11) is 0. The van der Waals surface area contributed by atoms with Crippen LogP contribution in [-0.4, -0.2) is 43.0 Å². The molecule has 6 nitrogen and oxygen atoms in total. The lowest BCUT2D eigenvalue weighted by Gasteiger charge is -2.09. The van der Waals surface area contributed by atoms with E-state index < -0.39 is 0 Å². The van der Waals surface area contributed by atoms with Gasteiger partial charge in [-0.05, 0) is 44.0 Å². The first kappa shape index (κ1) is 15.4. The Bertz CT molecular complexity index is 458. The van der Waals surface area contributed by atoms with Crippen LogP contribution in [0.25, 0.3) is 0 Å². The minimum Gasteiger partial charge on any atom is -0.354 e. The number of nitrogens with zero attached hydrogens (tertiary/aromatic N) is 1. The lowest BCUT2D eigenvalue weighted by Crippen LogP contribution is -2.34. The van der Waals surface area contributed by atoms with Crippen LogP contribution in [0.2, 0.25) is 0 Å². The SMILES string of the molecule is O=C(CCC1CCNC1)NCCNC(=O)c1cccnc1. The second kappa shape index (κ2) is 8.36. The van der Waals surface area contributed by atoms with E-state index >= 15 is 0 Å². The summed E-state index contributed by atoms with van der Waals surface area (Å²) >= 11 is 0. The molecule has 2 amide bonds. The van der Waals surface area contributed by atoms with Gasteiger partial charge in [-0.3, -0.25) is 14.6 Å². The Morgan fingerprint density at radius 3 is 2.90 bits per heavy atom. The molecule has 21 heavy (non-hydrogen) atoms. The second-order valence-electron chi connectivity index (χ2n) is 5.25. The third-order valence-electron chi connectivity index (χ3n) is 3.60. The normalized spacial score (nSPS) is 17.4. The Balaban J connectivity index is 1.54. The maximum absolute atomic E-state index is 11.7. The highest BCUT2D eigenvalue weighted by molar-refractivity contribution is 5.93. The number of hydrogen-bond donors (Lipinski definition) is 3. The van der Waals surface area contributed by atoms with E-state index in [0.29, 0.717) is 31.0 Å². The van der Waals surface area contributed by atoms with Crippen molar-refractivity contribution in [2.24, 2.45) is 5.92 Å². The number of rotatable bonds is 7. The Morgan fingerprint density at radius 2 is 2.19 bits per heavy atom. The van der Waals surface area contributed by atoms with Crippen LogP contribution in [0.4, 0.5) is 0 Å². The van der Waals surface area contributed by atoms with Crippen LogP contribution in [0, 0.1) is 5.92 Å². The number of carbonyl (C=O) groups excluding carboxylic acids is 2. The zero-order chi connectivity index (χ0) is 14.9. The predicted octanol–water partition coefficient (Wildman–Crippen LogP) is 0.317. The molecule has 1 aromatic rings. The molecule has 1 unspecified atom stereocenters. The molecule has 0 aromatic carbocycles. The lowest BCUT2D eigenvalue weighted by atomic mass is 10.0. The minimum atomic E-state index is -0.172. The molecule has 3 N–H and O–H groups in total. The van der Waals surface area contributed by atoms with Crippen molar-refractivity contribution in [3.05, 3.63) is 30.1 Å². The van der Waals surface area contributed by atoms with Gasteiger partial charge in [0.1, 0.15) is 0 Å². The monoisotopic (exact) mass is 290 g/mol. The first-order valence-corrected chi connectivity index (χ1v) is 7.41. The molecule has 0 saturated carbocycles. The molecule has 1 atom stereocenters. The Kier molecular flexibility index (Phi) is 6.15. The van der Waals surface area contributed by atoms with Gasteiger partial charge in [0.2, 0.25) is 5.91 Å². The van der Waals surface area contributed by atoms with E-state index in [1.165, 1.54) is 6.20 Å². The Morgan fingerprint density at radius 1 is 1.33 bits per heavy atom. The molecule has 1 saturated heterocycles. The number of hydrogen-bond acceptors (Lipinski definition) is 4. The maximum Gasteiger partial charge on any atom is 0.252 e. The smallest absolute Gasteiger partial charge is 0.252 e. The molecule has 0 spiro atoms. The van der Waals surface area contributed by atoms with Crippen molar-refractivity contribution in [2.45, 2.75) is 19.3 Å². The number of aromatic nitrogens is 1. The number of carbonyl (C=O) groups is 2.